The smallest absolute Gasteiger partial charge is 0.409 e. The molecule has 0 unspecified atom stereocenters. The molecular formula is C37H39N3O6. The van der Waals surface area contributed by atoms with Gasteiger partial charge in [0, 0.05) is 42.0 Å². The first-order valence-electron chi connectivity index (χ1n) is 15.3. The van der Waals surface area contributed by atoms with Gasteiger partial charge in [-0.1, -0.05) is 67.6 Å². The molecule has 0 fully saturated rings. The van der Waals surface area contributed by atoms with E-state index in [9.17, 15) is 15.0 Å². The Morgan fingerprint density at radius 2 is 1.61 bits per heavy atom. The van der Waals surface area contributed by atoms with Crippen molar-refractivity contribution in [2.45, 2.75) is 38.5 Å². The Morgan fingerprint density at radius 3 is 2.28 bits per heavy atom. The van der Waals surface area contributed by atoms with E-state index < -0.39 is 12.2 Å². The number of pyridine rings is 1. The lowest BCUT2D eigenvalue weighted by Gasteiger charge is -2.32. The minimum Gasteiger partial charge on any atom is -0.491 e. The highest BCUT2D eigenvalue weighted by Crippen LogP contribution is 2.32. The highest BCUT2D eigenvalue weighted by Gasteiger charge is 2.22. The number of fused-ring (bicyclic) bond motifs is 1. The van der Waals surface area contributed by atoms with Gasteiger partial charge in [0.05, 0.1) is 12.1 Å². The number of amides is 1. The van der Waals surface area contributed by atoms with Crippen LogP contribution in [0.15, 0.2) is 109 Å². The van der Waals surface area contributed by atoms with Crippen LogP contribution in [0.4, 0.5) is 10.5 Å². The number of aromatic nitrogens is 1. The number of nitrogens with zero attached hydrogens (tertiary/aromatic N) is 2. The van der Waals surface area contributed by atoms with Crippen LogP contribution in [0, 0.1) is 0 Å². The van der Waals surface area contributed by atoms with Crippen molar-refractivity contribution in [2.24, 2.45) is 0 Å². The van der Waals surface area contributed by atoms with Crippen molar-refractivity contribution in [1.29, 1.82) is 0 Å². The second kappa shape index (κ2) is 15.9. The van der Waals surface area contributed by atoms with E-state index in [0.29, 0.717) is 54.4 Å². The summed E-state index contributed by atoms with van der Waals surface area (Å²) in [5.74, 6) is 1.97. The predicted molar refractivity (Wildman–Crippen MR) is 179 cm³/mol. The van der Waals surface area contributed by atoms with E-state index in [1.54, 1.807) is 18.2 Å². The zero-order chi connectivity index (χ0) is 32.3. The maximum absolute atomic E-state index is 11.1. The van der Waals surface area contributed by atoms with Crippen molar-refractivity contribution in [3.8, 4) is 17.2 Å². The van der Waals surface area contributed by atoms with E-state index >= 15 is 0 Å². The summed E-state index contributed by atoms with van der Waals surface area (Å²) in [4.78, 5) is 17.8. The zero-order valence-electron chi connectivity index (χ0n) is 25.8. The summed E-state index contributed by atoms with van der Waals surface area (Å²) in [5.41, 5.74) is 4.00. The largest absolute Gasteiger partial charge is 0.491 e. The molecule has 5 rings (SSSR count). The van der Waals surface area contributed by atoms with Crippen LogP contribution in [0.2, 0.25) is 0 Å². The van der Waals surface area contributed by atoms with Gasteiger partial charge >= 0.3 is 6.09 Å². The first kappa shape index (κ1) is 32.4. The van der Waals surface area contributed by atoms with Crippen molar-refractivity contribution >= 4 is 22.7 Å². The number of ether oxygens (including phenoxy) is 2. The summed E-state index contributed by atoms with van der Waals surface area (Å²) in [6, 6.07) is 34.0. The minimum absolute atomic E-state index is 0.0845. The van der Waals surface area contributed by atoms with Crippen molar-refractivity contribution in [1.82, 2.24) is 9.88 Å². The number of aliphatic hydroxyl groups is 2. The number of benzene rings is 4. The molecule has 0 radical (unpaired) electrons. The molecule has 0 aliphatic carbocycles. The number of carbonyl (C=O) groups is 1. The summed E-state index contributed by atoms with van der Waals surface area (Å²) in [6.45, 7) is 2.94. The Kier molecular flexibility index (Phi) is 11.2. The summed E-state index contributed by atoms with van der Waals surface area (Å²) in [5, 5.41) is 33.6. The molecule has 1 aromatic heterocycles. The Morgan fingerprint density at radius 1 is 0.891 bits per heavy atom. The molecule has 9 nitrogen and oxygen atoms in total. The Balaban J connectivity index is 1.29. The predicted octanol–water partition coefficient (Wildman–Crippen LogP) is 6.52. The molecular weight excluding hydrogens is 582 g/mol. The third-order valence-electron chi connectivity index (χ3n) is 7.65. The third-order valence-corrected chi connectivity index (χ3v) is 7.65. The van der Waals surface area contributed by atoms with Gasteiger partial charge in [-0.3, -0.25) is 15.2 Å². The molecule has 46 heavy (non-hydrogen) atoms. The Labute approximate surface area is 268 Å². The zero-order valence-corrected chi connectivity index (χ0v) is 25.8. The standard InChI is InChI=1S/C37H39N3O6/c1-2-28-21-36(34-18-15-29(39-37(43)44)20-35(34)38-28)46-33-16-13-26(14-17-33)19-30(24-41)40(22-27-9-5-3-6-10-27)23-31(42)25-45-32-11-7-4-8-12-32/h3-18,20-21,30-31,39,41-42H,2,19,22-25H2,1H3,(H,43,44)/t30-,31-/m0/s1. The number of para-hydroxylation sites is 1. The summed E-state index contributed by atoms with van der Waals surface area (Å²) in [6.07, 6.45) is -0.639. The van der Waals surface area contributed by atoms with E-state index in [4.69, 9.17) is 14.6 Å². The van der Waals surface area contributed by atoms with Gasteiger partial charge in [0.25, 0.3) is 0 Å². The van der Waals surface area contributed by atoms with E-state index in [0.717, 1.165) is 22.2 Å². The number of carboxylic acid groups (broad SMARTS) is 1. The van der Waals surface area contributed by atoms with E-state index in [1.807, 2.05) is 97.9 Å². The van der Waals surface area contributed by atoms with Gasteiger partial charge in [-0.2, -0.15) is 0 Å². The minimum atomic E-state index is -1.14. The van der Waals surface area contributed by atoms with Gasteiger partial charge in [0.2, 0.25) is 0 Å². The summed E-state index contributed by atoms with van der Waals surface area (Å²) >= 11 is 0. The second-order valence-corrected chi connectivity index (χ2v) is 11.1. The molecule has 0 spiro atoms. The molecule has 9 heteroatoms. The molecule has 0 aliphatic rings. The fourth-order valence-corrected chi connectivity index (χ4v) is 5.31. The first-order chi connectivity index (χ1) is 22.4. The van der Waals surface area contributed by atoms with Gasteiger partial charge in [0.15, 0.2) is 0 Å². The highest BCUT2D eigenvalue weighted by molar-refractivity contribution is 5.91. The number of nitrogens with one attached hydrogen (secondary N) is 1. The van der Waals surface area contributed by atoms with Crippen LogP contribution in [0.5, 0.6) is 17.2 Å². The molecule has 0 aliphatic heterocycles. The lowest BCUT2D eigenvalue weighted by molar-refractivity contribution is 0.0335. The van der Waals surface area contributed by atoms with Crippen molar-refractivity contribution in [2.75, 3.05) is 25.1 Å². The third kappa shape index (κ3) is 9.04. The summed E-state index contributed by atoms with van der Waals surface area (Å²) in [7, 11) is 0. The molecule has 2 atom stereocenters. The monoisotopic (exact) mass is 621 g/mol. The van der Waals surface area contributed by atoms with Gasteiger partial charge in [0.1, 0.15) is 30.0 Å². The fraction of sp³-hybridized carbons (Fsp3) is 0.243. The van der Waals surface area contributed by atoms with Crippen LogP contribution in [0.3, 0.4) is 0 Å². The van der Waals surface area contributed by atoms with Crippen LogP contribution in [-0.2, 0) is 19.4 Å². The number of hydrogen-bond donors (Lipinski definition) is 4. The van der Waals surface area contributed by atoms with Gasteiger partial charge < -0.3 is 24.8 Å². The molecule has 0 saturated carbocycles. The highest BCUT2D eigenvalue weighted by atomic mass is 16.5. The molecule has 4 N–H and O–H groups in total. The van der Waals surface area contributed by atoms with E-state index in [-0.39, 0.29) is 19.3 Å². The second-order valence-electron chi connectivity index (χ2n) is 11.1. The molecule has 1 amide bonds. The molecule has 238 valence electrons. The number of hydrogen-bond acceptors (Lipinski definition) is 7. The number of aryl methyl sites for hydroxylation is 1. The lowest BCUT2D eigenvalue weighted by atomic mass is 10.0. The normalized spacial score (nSPS) is 12.5. The number of rotatable bonds is 15. The van der Waals surface area contributed by atoms with Crippen molar-refractivity contribution in [3.63, 3.8) is 0 Å². The molecule has 0 saturated heterocycles. The van der Waals surface area contributed by atoms with Gasteiger partial charge in [-0.05, 0) is 66.4 Å². The molecule has 4 aromatic carbocycles. The molecule has 1 heterocycles. The van der Waals surface area contributed by atoms with Crippen LogP contribution in [-0.4, -0.2) is 63.2 Å². The Bertz CT molecular complexity index is 1700. The first-order valence-corrected chi connectivity index (χ1v) is 15.3. The van der Waals surface area contributed by atoms with Crippen molar-refractivity contribution < 1.29 is 29.6 Å². The molecule has 5 aromatic rings. The van der Waals surface area contributed by atoms with Crippen LogP contribution in [0.1, 0.15) is 23.7 Å². The van der Waals surface area contributed by atoms with Crippen LogP contribution < -0.4 is 14.8 Å². The van der Waals surface area contributed by atoms with Crippen LogP contribution >= 0.6 is 0 Å². The number of aliphatic hydroxyl groups excluding tert-OH is 2. The van der Waals surface area contributed by atoms with E-state index in [2.05, 4.69) is 15.2 Å². The van der Waals surface area contributed by atoms with Gasteiger partial charge in [-0.25, -0.2) is 4.79 Å². The summed E-state index contributed by atoms with van der Waals surface area (Å²) < 4.78 is 12.1. The molecule has 0 bridgehead atoms. The quantitative estimate of drug-likeness (QED) is 0.104. The fourth-order valence-electron chi connectivity index (χ4n) is 5.31. The Hall–Kier alpha value is -4.96. The van der Waals surface area contributed by atoms with Gasteiger partial charge in [-0.15, -0.1) is 0 Å². The SMILES string of the molecule is CCc1cc(Oc2ccc(C[C@@H](CO)N(Cc3ccccc3)C[C@H](O)COc3ccccc3)cc2)c2ccc(NC(=O)O)cc2n1. The van der Waals surface area contributed by atoms with E-state index in [1.165, 1.54) is 0 Å². The maximum atomic E-state index is 11.1. The lowest BCUT2D eigenvalue weighted by Crippen LogP contribution is -2.44. The topological polar surface area (TPSA) is 124 Å². The van der Waals surface area contributed by atoms with Crippen LogP contribution in [0.25, 0.3) is 10.9 Å². The van der Waals surface area contributed by atoms with Crippen molar-refractivity contribution in [3.05, 3.63) is 126 Å². The number of anilines is 1. The average molecular weight is 622 g/mol. The average Bonchev–Trinajstić information content (AvgIpc) is 3.07. The maximum Gasteiger partial charge on any atom is 0.409 e.